The molecule has 0 saturated carbocycles. The van der Waals surface area contributed by atoms with Gasteiger partial charge in [0.15, 0.2) is 0 Å². The molecular weight excluding hydrogens is 544 g/mol. The summed E-state index contributed by atoms with van der Waals surface area (Å²) >= 11 is 0. The van der Waals surface area contributed by atoms with Crippen molar-refractivity contribution in [2.24, 2.45) is 0 Å². The fourth-order valence-corrected chi connectivity index (χ4v) is 1.32. The van der Waals surface area contributed by atoms with Crippen molar-refractivity contribution in [1.29, 1.82) is 0 Å². The minimum absolute atomic E-state index is 1.33. The average molecular weight is 544 g/mol. The molecule has 0 N–H and O–H groups in total. The van der Waals surface area contributed by atoms with Crippen LogP contribution in [0.4, 0.5) is 87.8 Å². The van der Waals surface area contributed by atoms with Crippen LogP contribution in [0, 0.1) is 0 Å². The van der Waals surface area contributed by atoms with Crippen LogP contribution in [-0.2, 0) is 9.47 Å². The molecule has 0 aromatic heterocycles. The highest BCUT2D eigenvalue weighted by molar-refractivity contribution is 5.08. The molecule has 22 heteroatoms. The topological polar surface area (TPSA) is 18.5 Å². The maximum absolute atomic E-state index is 13.2. The van der Waals surface area contributed by atoms with E-state index in [0.717, 1.165) is 0 Å². The molecule has 0 amide bonds. The van der Waals surface area contributed by atoms with E-state index >= 15 is 0 Å². The van der Waals surface area contributed by atoms with Crippen molar-refractivity contribution in [3.63, 3.8) is 0 Å². The zero-order valence-corrected chi connectivity index (χ0v) is 13.9. The van der Waals surface area contributed by atoms with Crippen LogP contribution in [0.15, 0.2) is 23.8 Å². The van der Waals surface area contributed by atoms with E-state index in [1.807, 2.05) is 0 Å². The highest BCUT2D eigenvalue weighted by atomic mass is 19.4. The minimum atomic E-state index is -8.58. The van der Waals surface area contributed by atoms with Crippen molar-refractivity contribution in [2.75, 3.05) is 0 Å². The van der Waals surface area contributed by atoms with Gasteiger partial charge in [-0.1, -0.05) is 0 Å². The SMILES string of the molecule is FC(F)=C(F)C(F)(F)OC(F)(F)C(F)(F)C(F)(F)C(F)(F)C(F)(F)OC(F)(F)C(F)=C(F)F. The molecule has 0 spiro atoms. The number of ether oxygens (including phenoxy) is 2. The summed E-state index contributed by atoms with van der Waals surface area (Å²) in [6.07, 6.45) is -38.6. The molecule has 0 heterocycles. The number of hydrogen-bond donors (Lipinski definition) is 0. The summed E-state index contributed by atoms with van der Waals surface area (Å²) in [6, 6.07) is 0. The third-order valence-corrected chi connectivity index (χ3v) is 2.88. The second-order valence-electron chi connectivity index (χ2n) is 5.14. The molecule has 0 aliphatic rings. The van der Waals surface area contributed by atoms with Crippen molar-refractivity contribution in [3.05, 3.63) is 23.8 Å². The van der Waals surface area contributed by atoms with E-state index < -0.39 is 66.0 Å². The van der Waals surface area contributed by atoms with E-state index in [0.29, 0.717) is 0 Å². The van der Waals surface area contributed by atoms with Gasteiger partial charge in [0.25, 0.3) is 11.7 Å². The summed E-state index contributed by atoms with van der Waals surface area (Å²) in [5, 5.41) is 0. The Labute approximate surface area is 165 Å². The molecule has 196 valence electrons. The molecule has 0 atom stereocenters. The van der Waals surface area contributed by atoms with Gasteiger partial charge in [-0.25, -0.2) is 9.47 Å². The van der Waals surface area contributed by atoms with E-state index in [-0.39, 0.29) is 0 Å². The molecule has 0 aromatic rings. The van der Waals surface area contributed by atoms with Gasteiger partial charge >= 0.3 is 54.4 Å². The lowest BCUT2D eigenvalue weighted by molar-refractivity contribution is -0.505. The van der Waals surface area contributed by atoms with Gasteiger partial charge in [-0.2, -0.15) is 87.8 Å². The van der Waals surface area contributed by atoms with Crippen molar-refractivity contribution in [3.8, 4) is 0 Å². The second-order valence-corrected chi connectivity index (χ2v) is 5.14. The zero-order chi connectivity index (χ0) is 27.2. The molecule has 0 aliphatic heterocycles. The van der Waals surface area contributed by atoms with Crippen LogP contribution >= 0.6 is 0 Å². The summed E-state index contributed by atoms with van der Waals surface area (Å²) in [6.45, 7) is 0. The van der Waals surface area contributed by atoms with Crippen LogP contribution in [0.1, 0.15) is 0 Å². The highest BCUT2D eigenvalue weighted by Gasteiger charge is 2.89. The van der Waals surface area contributed by atoms with Gasteiger partial charge in [0.05, 0.1) is 0 Å². The molecule has 0 bridgehead atoms. The third-order valence-electron chi connectivity index (χ3n) is 2.88. The van der Waals surface area contributed by atoms with Gasteiger partial charge in [0.1, 0.15) is 0 Å². The smallest absolute Gasteiger partial charge is 0.244 e. The van der Waals surface area contributed by atoms with E-state index in [4.69, 9.17) is 0 Å². The van der Waals surface area contributed by atoms with E-state index in [1.165, 1.54) is 9.47 Å². The normalized spacial score (nSPS) is 14.9. The standard InChI is InChI=1S/C11F20O2/c12-1(3(14)15)5(18,19)32-10(28,29)8(24,25)7(22,23)9(26,27)11(30,31)33-6(20,21)2(13)4(16)17. The number of rotatable bonds is 10. The van der Waals surface area contributed by atoms with Gasteiger partial charge in [0.2, 0.25) is 0 Å². The summed E-state index contributed by atoms with van der Waals surface area (Å²) in [4.78, 5) is 0. The van der Waals surface area contributed by atoms with E-state index in [9.17, 15) is 87.8 Å². The third kappa shape index (κ3) is 5.40. The fraction of sp³-hybridized carbons (Fsp3) is 0.636. The summed E-state index contributed by atoms with van der Waals surface area (Å²) < 4.78 is 255. The molecule has 0 saturated heterocycles. The first-order chi connectivity index (χ1) is 14.1. The maximum atomic E-state index is 13.2. The first kappa shape index (κ1) is 31.0. The van der Waals surface area contributed by atoms with E-state index in [2.05, 4.69) is 0 Å². The van der Waals surface area contributed by atoms with Crippen LogP contribution in [0.3, 0.4) is 0 Å². The van der Waals surface area contributed by atoms with Crippen molar-refractivity contribution in [2.45, 2.75) is 42.2 Å². The van der Waals surface area contributed by atoms with Crippen molar-refractivity contribution in [1.82, 2.24) is 0 Å². The Balaban J connectivity index is 6.46. The first-order valence-electron chi connectivity index (χ1n) is 6.60. The lowest BCUT2D eigenvalue weighted by atomic mass is 10.0. The Morgan fingerprint density at radius 2 is 0.576 bits per heavy atom. The van der Waals surface area contributed by atoms with Gasteiger partial charge in [0, 0.05) is 0 Å². The largest absolute Gasteiger partial charge is 0.430 e. The fourth-order valence-electron chi connectivity index (χ4n) is 1.32. The summed E-state index contributed by atoms with van der Waals surface area (Å²) in [7, 11) is 0. The summed E-state index contributed by atoms with van der Waals surface area (Å²) in [5.41, 5.74) is 0. The molecule has 0 aromatic carbocycles. The molecule has 0 rings (SSSR count). The van der Waals surface area contributed by atoms with Crippen molar-refractivity contribution < 1.29 is 97.3 Å². The second kappa shape index (κ2) is 8.65. The van der Waals surface area contributed by atoms with Crippen LogP contribution in [0.25, 0.3) is 0 Å². The Bertz CT molecular complexity index is 722. The lowest BCUT2D eigenvalue weighted by Crippen LogP contribution is -2.69. The number of alkyl halides is 14. The van der Waals surface area contributed by atoms with Crippen LogP contribution in [0.5, 0.6) is 0 Å². The quantitative estimate of drug-likeness (QED) is 0.266. The maximum Gasteiger partial charge on any atom is 0.430 e. The molecule has 33 heavy (non-hydrogen) atoms. The van der Waals surface area contributed by atoms with Gasteiger partial charge in [-0.05, 0) is 0 Å². The average Bonchev–Trinajstić information content (AvgIpc) is 2.57. The van der Waals surface area contributed by atoms with Crippen molar-refractivity contribution >= 4 is 0 Å². The molecule has 0 aliphatic carbocycles. The Morgan fingerprint density at radius 1 is 0.364 bits per heavy atom. The van der Waals surface area contributed by atoms with Gasteiger partial charge in [-0.15, -0.1) is 0 Å². The Hall–Kier alpha value is -2.00. The van der Waals surface area contributed by atoms with Crippen LogP contribution in [-0.4, -0.2) is 42.2 Å². The number of halogens is 20. The minimum Gasteiger partial charge on any atom is -0.244 e. The predicted octanol–water partition coefficient (Wildman–Crippen LogP) is 7.45. The molecule has 0 radical (unpaired) electrons. The zero-order valence-electron chi connectivity index (χ0n) is 13.9. The monoisotopic (exact) mass is 544 g/mol. The molecular formula is C11F20O2. The summed E-state index contributed by atoms with van der Waals surface area (Å²) in [5.74, 6) is -34.4. The Morgan fingerprint density at radius 3 is 0.758 bits per heavy atom. The molecule has 0 unspecified atom stereocenters. The number of hydrogen-bond acceptors (Lipinski definition) is 2. The highest BCUT2D eigenvalue weighted by Crippen LogP contribution is 2.59. The predicted molar refractivity (Wildman–Crippen MR) is 57.5 cm³/mol. The Kier molecular flexibility index (Phi) is 8.13. The molecule has 0 fully saturated rings. The van der Waals surface area contributed by atoms with Gasteiger partial charge in [-0.3, -0.25) is 0 Å². The van der Waals surface area contributed by atoms with Crippen LogP contribution in [0.2, 0.25) is 0 Å². The van der Waals surface area contributed by atoms with E-state index in [1.54, 1.807) is 0 Å². The first-order valence-corrected chi connectivity index (χ1v) is 6.60. The molecule has 2 nitrogen and oxygen atoms in total. The van der Waals surface area contributed by atoms with Gasteiger partial charge < -0.3 is 0 Å². The lowest BCUT2D eigenvalue weighted by Gasteiger charge is -2.39. The van der Waals surface area contributed by atoms with Crippen LogP contribution < -0.4 is 0 Å².